The molecule has 0 radical (unpaired) electrons. The number of rotatable bonds is 2. The van der Waals surface area contributed by atoms with Gasteiger partial charge in [-0.25, -0.2) is 9.07 Å². The zero-order valence-corrected chi connectivity index (χ0v) is 7.72. The van der Waals surface area contributed by atoms with Gasteiger partial charge in [-0.3, -0.25) is 4.79 Å². The molecule has 1 aromatic carbocycles. The van der Waals surface area contributed by atoms with Gasteiger partial charge < -0.3 is 5.73 Å². The van der Waals surface area contributed by atoms with Crippen LogP contribution in [0.2, 0.25) is 0 Å². The summed E-state index contributed by atoms with van der Waals surface area (Å²) in [6.45, 7) is 0. The number of nitrogens with zero attached hydrogens (tertiary/aromatic N) is 2. The highest BCUT2D eigenvalue weighted by atomic mass is 19.1. The molecule has 0 aliphatic carbocycles. The summed E-state index contributed by atoms with van der Waals surface area (Å²) in [7, 11) is 0. The van der Waals surface area contributed by atoms with Crippen LogP contribution in [0.25, 0.3) is 5.69 Å². The molecule has 0 spiro atoms. The third-order valence-corrected chi connectivity index (χ3v) is 2.03. The van der Waals surface area contributed by atoms with Gasteiger partial charge in [0.15, 0.2) is 6.29 Å². The fourth-order valence-electron chi connectivity index (χ4n) is 1.25. The minimum absolute atomic E-state index is 0.247. The first-order chi connectivity index (χ1) is 7.22. The largest absolute Gasteiger partial charge is 0.383 e. The third kappa shape index (κ3) is 1.59. The number of aromatic nitrogens is 2. The topological polar surface area (TPSA) is 60.9 Å². The molecule has 2 N–H and O–H groups in total. The van der Waals surface area contributed by atoms with Gasteiger partial charge in [0, 0.05) is 0 Å². The number of nitrogens with two attached hydrogens (primary N) is 1. The molecule has 2 aromatic rings. The van der Waals surface area contributed by atoms with Crippen LogP contribution in [0.3, 0.4) is 0 Å². The Labute approximate surface area is 85.1 Å². The highest BCUT2D eigenvalue weighted by Gasteiger charge is 2.07. The minimum Gasteiger partial charge on any atom is -0.383 e. The van der Waals surface area contributed by atoms with Crippen molar-refractivity contribution in [1.82, 2.24) is 9.78 Å². The summed E-state index contributed by atoms with van der Waals surface area (Å²) in [6, 6.07) is 5.68. The SMILES string of the molecule is Nc1c(C=O)cnn1-c1ccc(F)cc1. The molecule has 0 bridgehead atoms. The van der Waals surface area contributed by atoms with Crippen LogP contribution < -0.4 is 5.73 Å². The molecule has 0 atom stereocenters. The highest BCUT2D eigenvalue weighted by Crippen LogP contribution is 2.15. The molecule has 0 aliphatic rings. The Kier molecular flexibility index (Phi) is 2.21. The molecule has 5 heteroatoms. The van der Waals surface area contributed by atoms with E-state index in [1.807, 2.05) is 0 Å². The van der Waals surface area contributed by atoms with Crippen molar-refractivity contribution >= 4 is 12.1 Å². The molecule has 76 valence electrons. The van der Waals surface area contributed by atoms with Gasteiger partial charge in [0.2, 0.25) is 0 Å². The van der Waals surface area contributed by atoms with E-state index in [1.54, 1.807) is 0 Å². The number of carbonyl (C=O) groups is 1. The maximum Gasteiger partial charge on any atom is 0.155 e. The predicted molar refractivity (Wildman–Crippen MR) is 53.3 cm³/mol. The van der Waals surface area contributed by atoms with Crippen LogP contribution in [-0.2, 0) is 0 Å². The molecule has 1 heterocycles. The van der Waals surface area contributed by atoms with E-state index in [9.17, 15) is 9.18 Å². The van der Waals surface area contributed by atoms with E-state index in [4.69, 9.17) is 5.73 Å². The predicted octanol–water partition coefficient (Wildman–Crippen LogP) is 1.41. The van der Waals surface area contributed by atoms with E-state index in [2.05, 4.69) is 5.10 Å². The van der Waals surface area contributed by atoms with Crippen LogP contribution in [0, 0.1) is 5.82 Å². The van der Waals surface area contributed by atoms with Gasteiger partial charge in [-0.05, 0) is 24.3 Å². The van der Waals surface area contributed by atoms with E-state index in [-0.39, 0.29) is 11.6 Å². The van der Waals surface area contributed by atoms with Crippen molar-refractivity contribution in [3.8, 4) is 5.69 Å². The fourth-order valence-corrected chi connectivity index (χ4v) is 1.25. The van der Waals surface area contributed by atoms with Crippen LogP contribution in [0.15, 0.2) is 30.5 Å². The van der Waals surface area contributed by atoms with E-state index < -0.39 is 0 Å². The van der Waals surface area contributed by atoms with E-state index in [0.29, 0.717) is 17.5 Å². The zero-order valence-electron chi connectivity index (χ0n) is 7.72. The van der Waals surface area contributed by atoms with Crippen molar-refractivity contribution in [3.05, 3.63) is 41.8 Å². The molecule has 2 rings (SSSR count). The number of hydrogen-bond donors (Lipinski definition) is 1. The molecular formula is C10H8FN3O. The van der Waals surface area contributed by atoms with Gasteiger partial charge in [0.1, 0.15) is 11.6 Å². The van der Waals surface area contributed by atoms with E-state index in [1.165, 1.54) is 35.1 Å². The number of anilines is 1. The van der Waals surface area contributed by atoms with Gasteiger partial charge >= 0.3 is 0 Å². The summed E-state index contributed by atoms with van der Waals surface area (Å²) < 4.78 is 14.0. The Morgan fingerprint density at radius 3 is 2.53 bits per heavy atom. The molecule has 0 saturated carbocycles. The van der Waals surface area contributed by atoms with Crippen molar-refractivity contribution in [1.29, 1.82) is 0 Å². The lowest BCUT2D eigenvalue weighted by Crippen LogP contribution is -2.02. The van der Waals surface area contributed by atoms with Crippen molar-refractivity contribution in [2.45, 2.75) is 0 Å². The monoisotopic (exact) mass is 205 g/mol. The summed E-state index contributed by atoms with van der Waals surface area (Å²) in [6.07, 6.45) is 1.99. The summed E-state index contributed by atoms with van der Waals surface area (Å²) in [5.41, 5.74) is 6.59. The van der Waals surface area contributed by atoms with Crippen LogP contribution in [-0.4, -0.2) is 16.1 Å². The lowest BCUT2D eigenvalue weighted by molar-refractivity contribution is 0.112. The summed E-state index contributed by atoms with van der Waals surface area (Å²) in [5.74, 6) is -0.0864. The van der Waals surface area contributed by atoms with Crippen molar-refractivity contribution in [3.63, 3.8) is 0 Å². The van der Waals surface area contributed by atoms with Gasteiger partial charge in [-0.1, -0.05) is 0 Å². The van der Waals surface area contributed by atoms with E-state index >= 15 is 0 Å². The number of benzene rings is 1. The molecule has 0 fully saturated rings. The second-order valence-electron chi connectivity index (χ2n) is 2.99. The average Bonchev–Trinajstić information content (AvgIpc) is 2.61. The summed E-state index contributed by atoms with van der Waals surface area (Å²) in [4.78, 5) is 10.5. The molecule has 4 nitrogen and oxygen atoms in total. The standard InChI is InChI=1S/C10H8FN3O/c11-8-1-3-9(4-2-8)14-10(12)7(6-15)5-13-14/h1-6H,12H2. The Balaban J connectivity index is 2.49. The Hall–Kier alpha value is -2.17. The molecule has 0 saturated heterocycles. The van der Waals surface area contributed by atoms with Gasteiger partial charge in [-0.2, -0.15) is 5.10 Å². The number of nitrogen functional groups attached to an aromatic ring is 1. The first kappa shape index (κ1) is 9.39. The van der Waals surface area contributed by atoms with Crippen LogP contribution in [0.4, 0.5) is 10.2 Å². The van der Waals surface area contributed by atoms with Crippen molar-refractivity contribution in [2.24, 2.45) is 0 Å². The van der Waals surface area contributed by atoms with Crippen molar-refractivity contribution < 1.29 is 9.18 Å². The zero-order chi connectivity index (χ0) is 10.8. The lowest BCUT2D eigenvalue weighted by atomic mass is 10.3. The first-order valence-electron chi connectivity index (χ1n) is 4.27. The molecule has 15 heavy (non-hydrogen) atoms. The van der Waals surface area contributed by atoms with E-state index in [0.717, 1.165) is 0 Å². The van der Waals surface area contributed by atoms with Crippen LogP contribution in [0.1, 0.15) is 10.4 Å². The maximum atomic E-state index is 12.7. The number of aldehydes is 1. The average molecular weight is 205 g/mol. The van der Waals surface area contributed by atoms with Crippen LogP contribution >= 0.6 is 0 Å². The Morgan fingerprint density at radius 2 is 2.00 bits per heavy atom. The summed E-state index contributed by atoms with van der Waals surface area (Å²) in [5, 5.41) is 3.92. The molecule has 1 aromatic heterocycles. The van der Waals surface area contributed by atoms with Crippen LogP contribution in [0.5, 0.6) is 0 Å². The van der Waals surface area contributed by atoms with Gasteiger partial charge in [0.05, 0.1) is 17.4 Å². The summed E-state index contributed by atoms with van der Waals surface area (Å²) >= 11 is 0. The molecule has 0 amide bonds. The first-order valence-corrected chi connectivity index (χ1v) is 4.27. The Morgan fingerprint density at radius 1 is 1.33 bits per heavy atom. The highest BCUT2D eigenvalue weighted by molar-refractivity contribution is 5.81. The third-order valence-electron chi connectivity index (χ3n) is 2.03. The number of halogens is 1. The molecule has 0 aliphatic heterocycles. The normalized spacial score (nSPS) is 10.2. The number of carbonyl (C=O) groups excluding carboxylic acids is 1. The minimum atomic E-state index is -0.333. The fraction of sp³-hybridized carbons (Fsp3) is 0. The maximum absolute atomic E-state index is 12.7. The molecule has 0 unspecified atom stereocenters. The smallest absolute Gasteiger partial charge is 0.155 e. The van der Waals surface area contributed by atoms with Gasteiger partial charge in [0.25, 0.3) is 0 Å². The van der Waals surface area contributed by atoms with Gasteiger partial charge in [-0.15, -0.1) is 0 Å². The van der Waals surface area contributed by atoms with Crippen molar-refractivity contribution in [2.75, 3.05) is 5.73 Å². The second-order valence-corrected chi connectivity index (χ2v) is 2.99. The quantitative estimate of drug-likeness (QED) is 0.754. The second kappa shape index (κ2) is 3.53. The molecular weight excluding hydrogens is 197 g/mol. The Bertz CT molecular complexity index is 490. The number of hydrogen-bond acceptors (Lipinski definition) is 3. The lowest BCUT2D eigenvalue weighted by Gasteiger charge is -2.03.